The van der Waals surface area contributed by atoms with Crippen LogP contribution in [0.15, 0.2) is 110 Å². The molecule has 3 atom stereocenters. The number of phenolic OH excluding ortho intramolecular Hbond substituents is 1. The number of carbonyl (C=O) groups is 3. The lowest BCUT2D eigenvalue weighted by Gasteiger charge is -2.57. The highest BCUT2D eigenvalue weighted by Gasteiger charge is 2.54. The van der Waals surface area contributed by atoms with E-state index in [9.17, 15) is 19.5 Å². The number of urea groups is 1. The fourth-order valence-electron chi connectivity index (χ4n) is 6.50. The predicted molar refractivity (Wildman–Crippen MR) is 172 cm³/mol. The zero-order valence-electron chi connectivity index (χ0n) is 25.3. The van der Waals surface area contributed by atoms with Gasteiger partial charge < -0.3 is 20.2 Å². The molecule has 2 fully saturated rings. The van der Waals surface area contributed by atoms with Gasteiger partial charge in [0.15, 0.2) is 0 Å². The molecule has 0 aromatic heterocycles. The number of nitrogens with zero attached hydrogens (tertiary/aromatic N) is 4. The molecular weight excluding hydrogens is 566 g/mol. The summed E-state index contributed by atoms with van der Waals surface area (Å²) in [4.78, 5) is 45.9. The molecule has 0 unspecified atom stereocenters. The van der Waals surface area contributed by atoms with Crippen LogP contribution < -0.4 is 5.32 Å². The van der Waals surface area contributed by atoms with Gasteiger partial charge in [0.2, 0.25) is 11.8 Å². The van der Waals surface area contributed by atoms with Crippen LogP contribution in [0.3, 0.4) is 0 Å². The number of benzene rings is 4. The minimum atomic E-state index is -0.853. The summed E-state index contributed by atoms with van der Waals surface area (Å²) in [5.41, 5.74) is 2.72. The molecule has 2 N–H and O–H groups in total. The van der Waals surface area contributed by atoms with E-state index in [-0.39, 0.29) is 43.1 Å². The standard InChI is InChI=1S/C36H37N5O4/c1-3-20-38-24-33(43)40-32(21-26-16-18-30(42)19-17-26)35(44)39(23-29-14-9-13-28-12-7-8-15-31(28)29)25(2)34(40)41(38)36(45)37-22-27-10-5-4-6-11-27/h3-19,25,32,34,42H,1,20-24H2,2H3,(H,37,45)/t25-,32-,34-/m0/s1. The van der Waals surface area contributed by atoms with Crippen LogP contribution in [0.1, 0.15) is 23.6 Å². The van der Waals surface area contributed by atoms with Gasteiger partial charge in [-0.2, -0.15) is 0 Å². The molecule has 0 saturated carbocycles. The van der Waals surface area contributed by atoms with Gasteiger partial charge in [0.05, 0.1) is 12.6 Å². The van der Waals surface area contributed by atoms with Crippen molar-refractivity contribution in [2.24, 2.45) is 0 Å². The summed E-state index contributed by atoms with van der Waals surface area (Å²) in [5, 5.41) is 18.3. The monoisotopic (exact) mass is 603 g/mol. The number of rotatable bonds is 8. The topological polar surface area (TPSA) is 96.4 Å². The summed E-state index contributed by atoms with van der Waals surface area (Å²) < 4.78 is 0. The largest absolute Gasteiger partial charge is 0.508 e. The van der Waals surface area contributed by atoms with Crippen molar-refractivity contribution in [1.29, 1.82) is 0 Å². The molecule has 0 spiro atoms. The Kier molecular flexibility index (Phi) is 8.53. The number of nitrogens with one attached hydrogen (secondary N) is 1. The first kappa shape index (κ1) is 29.9. The Balaban J connectivity index is 1.40. The smallest absolute Gasteiger partial charge is 0.334 e. The van der Waals surface area contributed by atoms with Gasteiger partial charge in [-0.05, 0) is 46.5 Å². The molecule has 45 heavy (non-hydrogen) atoms. The van der Waals surface area contributed by atoms with Crippen LogP contribution in [0.4, 0.5) is 4.79 Å². The van der Waals surface area contributed by atoms with Crippen molar-refractivity contribution >= 4 is 28.6 Å². The van der Waals surface area contributed by atoms with E-state index in [4.69, 9.17) is 0 Å². The highest BCUT2D eigenvalue weighted by Crippen LogP contribution is 2.34. The van der Waals surface area contributed by atoms with Crippen LogP contribution in [0, 0.1) is 0 Å². The number of piperazine rings is 1. The lowest BCUT2D eigenvalue weighted by Crippen LogP contribution is -2.79. The van der Waals surface area contributed by atoms with Gasteiger partial charge in [0, 0.05) is 26.1 Å². The van der Waals surface area contributed by atoms with Crippen molar-refractivity contribution in [2.75, 3.05) is 13.1 Å². The van der Waals surface area contributed by atoms with E-state index in [0.29, 0.717) is 13.1 Å². The van der Waals surface area contributed by atoms with Crippen molar-refractivity contribution < 1.29 is 19.5 Å². The Bertz CT molecular complexity index is 1700. The van der Waals surface area contributed by atoms with Gasteiger partial charge in [-0.3, -0.25) is 9.59 Å². The summed E-state index contributed by atoms with van der Waals surface area (Å²) >= 11 is 0. The SMILES string of the molecule is C=CCN1CC(=O)N2[C@@H](Cc3ccc(O)cc3)C(=O)N(Cc3cccc4ccccc34)[C@@H](C)[C@@H]2N1C(=O)NCc1ccccc1. The summed E-state index contributed by atoms with van der Waals surface area (Å²) in [6, 6.07) is 28.6. The summed E-state index contributed by atoms with van der Waals surface area (Å²) in [6.45, 7) is 6.60. The molecule has 4 aromatic carbocycles. The first-order chi connectivity index (χ1) is 21.9. The van der Waals surface area contributed by atoms with Crippen molar-refractivity contribution in [2.45, 2.75) is 44.7 Å². The Morgan fingerprint density at radius 1 is 0.933 bits per heavy atom. The Labute approximate surface area is 262 Å². The third kappa shape index (κ3) is 5.99. The molecule has 0 radical (unpaired) electrons. The molecule has 230 valence electrons. The van der Waals surface area contributed by atoms with Crippen molar-refractivity contribution in [3.8, 4) is 5.75 Å². The van der Waals surface area contributed by atoms with E-state index in [1.165, 1.54) is 0 Å². The molecule has 9 nitrogen and oxygen atoms in total. The first-order valence-corrected chi connectivity index (χ1v) is 15.2. The third-order valence-electron chi connectivity index (χ3n) is 8.69. The maximum Gasteiger partial charge on any atom is 0.334 e. The van der Waals surface area contributed by atoms with Crippen LogP contribution in [0.2, 0.25) is 0 Å². The Morgan fingerprint density at radius 2 is 1.64 bits per heavy atom. The van der Waals surface area contributed by atoms with E-state index in [0.717, 1.165) is 27.5 Å². The number of amides is 4. The maximum absolute atomic E-state index is 14.5. The van der Waals surface area contributed by atoms with Gasteiger partial charge >= 0.3 is 6.03 Å². The minimum Gasteiger partial charge on any atom is -0.508 e. The summed E-state index contributed by atoms with van der Waals surface area (Å²) in [7, 11) is 0. The molecule has 2 heterocycles. The summed E-state index contributed by atoms with van der Waals surface area (Å²) in [5.74, 6) is -0.300. The predicted octanol–water partition coefficient (Wildman–Crippen LogP) is 4.67. The molecule has 2 aliphatic heterocycles. The molecule has 2 aliphatic rings. The minimum absolute atomic E-state index is 0.0727. The average molecular weight is 604 g/mol. The molecule has 0 bridgehead atoms. The van der Waals surface area contributed by atoms with Crippen LogP contribution in [0.5, 0.6) is 5.75 Å². The number of hydrazine groups is 1. The molecule has 0 aliphatic carbocycles. The van der Waals surface area contributed by atoms with Gasteiger partial charge in [0.25, 0.3) is 0 Å². The number of aromatic hydroxyl groups is 1. The number of fused-ring (bicyclic) bond motifs is 2. The highest BCUT2D eigenvalue weighted by atomic mass is 16.3. The van der Waals surface area contributed by atoms with Gasteiger partial charge in [-0.15, -0.1) is 6.58 Å². The lowest BCUT2D eigenvalue weighted by atomic mass is 9.94. The zero-order chi connectivity index (χ0) is 31.5. The van der Waals surface area contributed by atoms with Gasteiger partial charge in [-0.25, -0.2) is 14.8 Å². The first-order valence-electron chi connectivity index (χ1n) is 15.2. The normalized spacial score (nSPS) is 20.3. The van der Waals surface area contributed by atoms with Crippen LogP contribution in [-0.4, -0.2) is 74.1 Å². The number of hydrogen-bond donors (Lipinski definition) is 2. The highest BCUT2D eigenvalue weighted by molar-refractivity contribution is 5.93. The third-order valence-corrected chi connectivity index (χ3v) is 8.69. The van der Waals surface area contributed by atoms with Crippen molar-refractivity contribution in [3.63, 3.8) is 0 Å². The second-order valence-electron chi connectivity index (χ2n) is 11.6. The molecule has 6 rings (SSSR count). The van der Waals surface area contributed by atoms with Gasteiger partial charge in [-0.1, -0.05) is 91.0 Å². The number of hydrogen-bond acceptors (Lipinski definition) is 5. The van der Waals surface area contributed by atoms with Crippen molar-refractivity contribution in [1.82, 2.24) is 25.1 Å². The quantitative estimate of drug-likeness (QED) is 0.286. The lowest BCUT2D eigenvalue weighted by molar-refractivity contribution is -0.198. The maximum atomic E-state index is 14.5. The molecule has 9 heteroatoms. The van der Waals surface area contributed by atoms with E-state index < -0.39 is 18.2 Å². The number of carbonyl (C=O) groups excluding carboxylic acids is 3. The van der Waals surface area contributed by atoms with E-state index in [1.54, 1.807) is 50.2 Å². The fourth-order valence-corrected chi connectivity index (χ4v) is 6.50. The zero-order valence-corrected chi connectivity index (χ0v) is 25.3. The van der Waals surface area contributed by atoms with Crippen LogP contribution in [-0.2, 0) is 29.1 Å². The molecule has 4 aromatic rings. The van der Waals surface area contributed by atoms with Crippen LogP contribution in [0.25, 0.3) is 10.8 Å². The summed E-state index contributed by atoms with van der Waals surface area (Å²) in [6.07, 6.45) is 1.14. The van der Waals surface area contributed by atoms with Crippen molar-refractivity contribution in [3.05, 3.63) is 126 Å². The molecule has 2 saturated heterocycles. The second-order valence-corrected chi connectivity index (χ2v) is 11.6. The molecule has 4 amide bonds. The fraction of sp³-hybridized carbons (Fsp3) is 0.250. The van der Waals surface area contributed by atoms with E-state index in [1.807, 2.05) is 79.7 Å². The molecular formula is C36H37N5O4. The van der Waals surface area contributed by atoms with Gasteiger partial charge in [0.1, 0.15) is 18.0 Å². The van der Waals surface area contributed by atoms with E-state index >= 15 is 0 Å². The number of phenols is 1. The average Bonchev–Trinajstić information content (AvgIpc) is 3.05. The second kappa shape index (κ2) is 12.8. The van der Waals surface area contributed by atoms with Crippen LogP contribution >= 0.6 is 0 Å². The van der Waals surface area contributed by atoms with E-state index in [2.05, 4.69) is 11.9 Å². The Morgan fingerprint density at radius 3 is 2.40 bits per heavy atom. The Hall–Kier alpha value is -5.15.